The fraction of sp³-hybridized carbons (Fsp3) is 0.889. The van der Waals surface area contributed by atoms with Gasteiger partial charge in [0.25, 0.3) is 0 Å². The van der Waals surface area contributed by atoms with Crippen LogP contribution in [0.3, 0.4) is 0 Å². The van der Waals surface area contributed by atoms with Crippen molar-refractivity contribution in [1.29, 1.82) is 0 Å². The molecular formula is C9H19NO3Si. The molecule has 14 heavy (non-hydrogen) atoms. The van der Waals surface area contributed by atoms with Crippen molar-refractivity contribution in [3.05, 3.63) is 0 Å². The number of ether oxygens (including phenoxy) is 2. The van der Waals surface area contributed by atoms with E-state index in [1.54, 1.807) is 0 Å². The molecule has 1 atom stereocenters. The molecule has 0 amide bonds. The van der Waals surface area contributed by atoms with E-state index in [1.807, 2.05) is 0 Å². The Morgan fingerprint density at radius 2 is 2.29 bits per heavy atom. The third kappa shape index (κ3) is 4.21. The number of carbonyl (C=O) groups excluding carboxylic acids is 1. The Hall–Kier alpha value is -0.393. The normalized spacial score (nSPS) is 23.2. The van der Waals surface area contributed by atoms with Gasteiger partial charge in [-0.3, -0.25) is 4.79 Å². The number of hydrogen-bond acceptors (Lipinski definition) is 4. The Balaban J connectivity index is 2.27. The maximum Gasteiger partial charge on any atom is 0.325 e. The number of hydrogen-bond donors (Lipinski definition) is 1. The average Bonchev–Trinajstić information content (AvgIpc) is 2.14. The zero-order chi connectivity index (χ0) is 10.6. The van der Waals surface area contributed by atoms with Gasteiger partial charge in [0, 0.05) is 6.54 Å². The third-order valence-electron chi connectivity index (χ3n) is 1.85. The second kappa shape index (κ2) is 4.91. The Labute approximate surface area is 86.0 Å². The summed E-state index contributed by atoms with van der Waals surface area (Å²) in [5.41, 5.74) is 0. The van der Waals surface area contributed by atoms with Crippen molar-refractivity contribution in [1.82, 2.24) is 5.32 Å². The van der Waals surface area contributed by atoms with E-state index in [0.29, 0.717) is 19.4 Å². The van der Waals surface area contributed by atoms with Gasteiger partial charge < -0.3 is 14.8 Å². The van der Waals surface area contributed by atoms with Gasteiger partial charge in [-0.05, 0) is 0 Å². The monoisotopic (exact) mass is 217 g/mol. The summed E-state index contributed by atoms with van der Waals surface area (Å²) in [5.74, 6) is -0.174. The lowest BCUT2D eigenvalue weighted by atomic mass is 10.3. The summed E-state index contributed by atoms with van der Waals surface area (Å²) in [6.07, 6.45) is 0.587. The molecule has 1 fully saturated rings. The Bertz CT molecular complexity index is 197. The lowest BCUT2D eigenvalue weighted by Gasteiger charge is -2.24. The Morgan fingerprint density at radius 3 is 2.79 bits per heavy atom. The molecule has 0 aromatic carbocycles. The van der Waals surface area contributed by atoms with Gasteiger partial charge in [0.2, 0.25) is 0 Å². The molecule has 1 aliphatic heterocycles. The van der Waals surface area contributed by atoms with E-state index in [1.165, 1.54) is 0 Å². The SMILES string of the molecule is C[Si](C)(C)COC(=O)[C@@H]1COCCN1. The maximum absolute atomic E-state index is 11.5. The number of rotatable bonds is 3. The fourth-order valence-electron chi connectivity index (χ4n) is 1.11. The number of morpholine rings is 1. The van der Waals surface area contributed by atoms with E-state index in [-0.39, 0.29) is 12.0 Å². The smallest absolute Gasteiger partial charge is 0.325 e. The lowest BCUT2D eigenvalue weighted by Crippen LogP contribution is -2.48. The van der Waals surface area contributed by atoms with E-state index >= 15 is 0 Å². The molecule has 1 N–H and O–H groups in total. The van der Waals surface area contributed by atoms with Gasteiger partial charge in [0.1, 0.15) is 6.04 Å². The molecule has 1 heterocycles. The minimum absolute atomic E-state index is 0.174. The van der Waals surface area contributed by atoms with Crippen molar-refractivity contribution >= 4 is 14.0 Å². The highest BCUT2D eigenvalue weighted by Gasteiger charge is 2.24. The molecule has 0 unspecified atom stereocenters. The van der Waals surface area contributed by atoms with Crippen molar-refractivity contribution in [2.45, 2.75) is 25.7 Å². The maximum atomic E-state index is 11.5. The van der Waals surface area contributed by atoms with Crippen LogP contribution in [0.15, 0.2) is 0 Å². The summed E-state index contributed by atoms with van der Waals surface area (Å²) in [7, 11) is -1.30. The van der Waals surface area contributed by atoms with Gasteiger partial charge >= 0.3 is 5.97 Å². The van der Waals surface area contributed by atoms with Crippen LogP contribution in [-0.4, -0.2) is 46.1 Å². The molecule has 82 valence electrons. The topological polar surface area (TPSA) is 47.6 Å². The highest BCUT2D eigenvalue weighted by atomic mass is 28.3. The van der Waals surface area contributed by atoms with Gasteiger partial charge in [-0.2, -0.15) is 0 Å². The van der Waals surface area contributed by atoms with Crippen LogP contribution in [-0.2, 0) is 14.3 Å². The molecule has 0 spiro atoms. The van der Waals surface area contributed by atoms with Crippen LogP contribution in [0.2, 0.25) is 19.6 Å². The van der Waals surface area contributed by atoms with Crippen LogP contribution in [0.4, 0.5) is 0 Å². The van der Waals surface area contributed by atoms with Crippen molar-refractivity contribution in [2.75, 3.05) is 26.0 Å². The molecule has 0 aromatic heterocycles. The minimum Gasteiger partial charge on any atom is -0.468 e. The molecule has 4 nitrogen and oxygen atoms in total. The summed E-state index contributed by atoms with van der Waals surface area (Å²) in [4.78, 5) is 11.5. The van der Waals surface area contributed by atoms with Crippen molar-refractivity contribution in [3.8, 4) is 0 Å². The predicted octanol–water partition coefficient (Wildman–Crippen LogP) is 0.395. The first-order valence-corrected chi connectivity index (χ1v) is 8.67. The van der Waals surface area contributed by atoms with E-state index in [4.69, 9.17) is 9.47 Å². The molecule has 5 heteroatoms. The molecule has 0 radical (unpaired) electrons. The van der Waals surface area contributed by atoms with Crippen LogP contribution in [0.1, 0.15) is 0 Å². The van der Waals surface area contributed by atoms with Crippen molar-refractivity contribution in [2.24, 2.45) is 0 Å². The second-order valence-corrected chi connectivity index (χ2v) is 10.2. The van der Waals surface area contributed by atoms with Crippen LogP contribution < -0.4 is 5.32 Å². The summed E-state index contributed by atoms with van der Waals surface area (Å²) in [6, 6.07) is -0.264. The van der Waals surface area contributed by atoms with E-state index in [0.717, 1.165) is 6.54 Å². The quantitative estimate of drug-likeness (QED) is 0.549. The summed E-state index contributed by atoms with van der Waals surface area (Å²) >= 11 is 0. The highest BCUT2D eigenvalue weighted by molar-refractivity contribution is 6.76. The second-order valence-electron chi connectivity index (χ2n) is 4.75. The summed E-state index contributed by atoms with van der Waals surface area (Å²) in [6.45, 7) is 8.36. The zero-order valence-corrected chi connectivity index (χ0v) is 10.1. The van der Waals surface area contributed by atoms with E-state index < -0.39 is 8.07 Å². The first kappa shape index (κ1) is 11.7. The van der Waals surface area contributed by atoms with E-state index in [9.17, 15) is 4.79 Å². The third-order valence-corrected chi connectivity index (χ3v) is 2.86. The number of esters is 1. The average molecular weight is 217 g/mol. The largest absolute Gasteiger partial charge is 0.468 e. The molecular weight excluding hydrogens is 198 g/mol. The van der Waals surface area contributed by atoms with Gasteiger partial charge in [0.15, 0.2) is 0 Å². The van der Waals surface area contributed by atoms with Crippen molar-refractivity contribution in [3.63, 3.8) is 0 Å². The Kier molecular flexibility index (Phi) is 4.09. The summed E-state index contributed by atoms with van der Waals surface area (Å²) in [5, 5.41) is 3.07. The first-order valence-electron chi connectivity index (χ1n) is 4.97. The molecule has 0 aromatic rings. The predicted molar refractivity (Wildman–Crippen MR) is 56.9 cm³/mol. The number of nitrogens with one attached hydrogen (secondary N) is 1. The van der Waals surface area contributed by atoms with Gasteiger partial charge in [0.05, 0.1) is 27.5 Å². The zero-order valence-electron chi connectivity index (χ0n) is 9.13. The molecule has 0 saturated carbocycles. The van der Waals surface area contributed by atoms with Gasteiger partial charge in [-0.1, -0.05) is 19.6 Å². The molecule has 1 rings (SSSR count). The first-order chi connectivity index (χ1) is 6.49. The van der Waals surface area contributed by atoms with Gasteiger partial charge in [-0.15, -0.1) is 0 Å². The molecule has 1 saturated heterocycles. The molecule has 1 aliphatic rings. The standard InChI is InChI=1S/C9H19NO3Si/c1-14(2,3)7-13-9(11)8-6-12-5-4-10-8/h8,10H,4-7H2,1-3H3/t8-/m0/s1. The van der Waals surface area contributed by atoms with Crippen LogP contribution in [0.5, 0.6) is 0 Å². The number of carbonyl (C=O) groups is 1. The lowest BCUT2D eigenvalue weighted by molar-refractivity contribution is -0.147. The fourth-order valence-corrected chi connectivity index (χ4v) is 1.68. The minimum atomic E-state index is -1.30. The van der Waals surface area contributed by atoms with Crippen LogP contribution >= 0.6 is 0 Å². The van der Waals surface area contributed by atoms with Crippen molar-refractivity contribution < 1.29 is 14.3 Å². The highest BCUT2D eigenvalue weighted by Crippen LogP contribution is 2.03. The molecule has 0 bridgehead atoms. The van der Waals surface area contributed by atoms with Crippen LogP contribution in [0.25, 0.3) is 0 Å². The van der Waals surface area contributed by atoms with E-state index in [2.05, 4.69) is 25.0 Å². The summed E-state index contributed by atoms with van der Waals surface area (Å²) < 4.78 is 10.4. The Morgan fingerprint density at radius 1 is 1.57 bits per heavy atom. The van der Waals surface area contributed by atoms with Crippen LogP contribution in [0, 0.1) is 0 Å². The molecule has 0 aliphatic carbocycles. The van der Waals surface area contributed by atoms with Gasteiger partial charge in [-0.25, -0.2) is 0 Å².